The summed E-state index contributed by atoms with van der Waals surface area (Å²) in [6.07, 6.45) is 3.59. The zero-order valence-electron chi connectivity index (χ0n) is 17.5. The Morgan fingerprint density at radius 3 is 2.70 bits per heavy atom. The Kier molecular flexibility index (Phi) is 7.24. The van der Waals surface area contributed by atoms with Crippen LogP contribution in [0.4, 0.5) is 5.69 Å². The number of hydrogen-bond donors (Lipinski definition) is 1. The molecule has 0 saturated carbocycles. The van der Waals surface area contributed by atoms with Gasteiger partial charge < -0.3 is 24.4 Å². The second-order valence-electron chi connectivity index (χ2n) is 7.08. The Bertz CT molecular complexity index is 882. The molecule has 0 bridgehead atoms. The number of methoxy groups -OCH3 is 2. The van der Waals surface area contributed by atoms with E-state index in [1.807, 2.05) is 18.2 Å². The maximum Gasteiger partial charge on any atom is 0.254 e. The number of amides is 2. The van der Waals surface area contributed by atoms with Crippen molar-refractivity contribution in [1.82, 2.24) is 9.88 Å². The third kappa shape index (κ3) is 5.27. The van der Waals surface area contributed by atoms with Crippen LogP contribution in [0, 0.1) is 0 Å². The predicted octanol–water partition coefficient (Wildman–Crippen LogP) is 2.88. The van der Waals surface area contributed by atoms with Crippen LogP contribution in [-0.4, -0.2) is 55.2 Å². The summed E-state index contributed by atoms with van der Waals surface area (Å²) in [5.41, 5.74) is 1.54. The van der Waals surface area contributed by atoms with Crippen molar-refractivity contribution >= 4 is 17.5 Å². The van der Waals surface area contributed by atoms with Gasteiger partial charge in [0.2, 0.25) is 5.91 Å². The molecule has 1 N–H and O–H groups in total. The molecule has 8 nitrogen and oxygen atoms in total. The van der Waals surface area contributed by atoms with Crippen LogP contribution in [0.15, 0.2) is 36.5 Å². The molecule has 0 aliphatic carbocycles. The maximum absolute atomic E-state index is 13.5. The van der Waals surface area contributed by atoms with Gasteiger partial charge in [-0.15, -0.1) is 0 Å². The zero-order valence-corrected chi connectivity index (χ0v) is 17.5. The third-order valence-corrected chi connectivity index (χ3v) is 4.85. The highest BCUT2D eigenvalue weighted by Gasteiger charge is 2.26. The van der Waals surface area contributed by atoms with E-state index >= 15 is 0 Å². The molecule has 2 amide bonds. The van der Waals surface area contributed by atoms with E-state index in [2.05, 4.69) is 10.3 Å². The summed E-state index contributed by atoms with van der Waals surface area (Å²) in [5, 5.41) is 2.70. The highest BCUT2D eigenvalue weighted by Crippen LogP contribution is 2.37. The predicted molar refractivity (Wildman–Crippen MR) is 112 cm³/mol. The summed E-state index contributed by atoms with van der Waals surface area (Å²) in [6, 6.07) is 8.83. The first kappa shape index (κ1) is 21.6. The summed E-state index contributed by atoms with van der Waals surface area (Å²) in [7, 11) is 2.97. The minimum Gasteiger partial charge on any atom is -0.493 e. The summed E-state index contributed by atoms with van der Waals surface area (Å²) in [4.78, 5) is 31.2. The molecule has 30 heavy (non-hydrogen) atoms. The molecule has 1 unspecified atom stereocenters. The second kappa shape index (κ2) is 10.1. The average Bonchev–Trinajstić information content (AvgIpc) is 3.25. The Morgan fingerprint density at radius 2 is 2.10 bits per heavy atom. The van der Waals surface area contributed by atoms with Crippen molar-refractivity contribution in [2.45, 2.75) is 32.4 Å². The minimum atomic E-state index is -0.273. The molecule has 2 aromatic rings. The van der Waals surface area contributed by atoms with Crippen LogP contribution in [0.2, 0.25) is 0 Å². The fourth-order valence-electron chi connectivity index (χ4n) is 3.49. The first-order valence-electron chi connectivity index (χ1n) is 9.86. The van der Waals surface area contributed by atoms with Crippen LogP contribution in [0.5, 0.6) is 11.5 Å². The number of carbonyl (C=O) groups is 2. The molecule has 1 aromatic carbocycles. The molecule has 1 aliphatic rings. The van der Waals surface area contributed by atoms with Gasteiger partial charge in [0.1, 0.15) is 0 Å². The second-order valence-corrected chi connectivity index (χ2v) is 7.08. The lowest BCUT2D eigenvalue weighted by Gasteiger charge is -2.26. The monoisotopic (exact) mass is 413 g/mol. The lowest BCUT2D eigenvalue weighted by molar-refractivity contribution is -0.114. The van der Waals surface area contributed by atoms with E-state index in [4.69, 9.17) is 14.2 Å². The quantitative estimate of drug-likeness (QED) is 0.716. The minimum absolute atomic E-state index is 0.00683. The molecule has 1 atom stereocenters. The number of nitrogens with one attached hydrogen (secondary N) is 1. The van der Waals surface area contributed by atoms with E-state index in [-0.39, 0.29) is 17.9 Å². The molecule has 0 radical (unpaired) electrons. The van der Waals surface area contributed by atoms with E-state index in [0.717, 1.165) is 18.5 Å². The van der Waals surface area contributed by atoms with Crippen LogP contribution >= 0.6 is 0 Å². The molecule has 3 rings (SSSR count). The van der Waals surface area contributed by atoms with E-state index in [0.29, 0.717) is 42.4 Å². The molecule has 0 spiro atoms. The summed E-state index contributed by atoms with van der Waals surface area (Å²) < 4.78 is 16.5. The van der Waals surface area contributed by atoms with Gasteiger partial charge in [-0.1, -0.05) is 6.07 Å². The first-order chi connectivity index (χ1) is 14.5. The topological polar surface area (TPSA) is 90.0 Å². The smallest absolute Gasteiger partial charge is 0.254 e. The highest BCUT2D eigenvalue weighted by molar-refractivity contribution is 5.99. The normalized spacial score (nSPS) is 15.5. The average molecular weight is 413 g/mol. The fraction of sp³-hybridized carbons (Fsp3) is 0.409. The number of benzene rings is 1. The van der Waals surface area contributed by atoms with Crippen LogP contribution < -0.4 is 14.8 Å². The number of aromatic nitrogens is 1. The van der Waals surface area contributed by atoms with E-state index in [1.54, 1.807) is 23.2 Å². The molecule has 2 heterocycles. The SMILES string of the molecule is COc1cc(C(=O)N(Cc2ccccn2)CC2CCCO2)cc(NC(C)=O)c1OC. The molecule has 1 aromatic heterocycles. The number of rotatable bonds is 8. The molecular formula is C22H27N3O5. The Hall–Kier alpha value is -3.13. The van der Waals surface area contributed by atoms with Crippen molar-refractivity contribution in [3.05, 3.63) is 47.8 Å². The fourth-order valence-corrected chi connectivity index (χ4v) is 3.49. The van der Waals surface area contributed by atoms with Crippen LogP contribution in [0.3, 0.4) is 0 Å². The third-order valence-electron chi connectivity index (χ3n) is 4.85. The van der Waals surface area contributed by atoms with Gasteiger partial charge in [0.15, 0.2) is 11.5 Å². The molecule has 1 saturated heterocycles. The van der Waals surface area contributed by atoms with Gasteiger partial charge in [-0.25, -0.2) is 0 Å². The van der Waals surface area contributed by atoms with Gasteiger partial charge in [-0.05, 0) is 37.1 Å². The summed E-state index contributed by atoms with van der Waals surface area (Å²) >= 11 is 0. The Labute approximate surface area is 176 Å². The maximum atomic E-state index is 13.5. The first-order valence-corrected chi connectivity index (χ1v) is 9.86. The number of ether oxygens (including phenoxy) is 3. The summed E-state index contributed by atoms with van der Waals surface area (Å²) in [5.74, 6) is 0.245. The van der Waals surface area contributed by atoms with Gasteiger partial charge in [0.25, 0.3) is 5.91 Å². The van der Waals surface area contributed by atoms with Crippen LogP contribution in [-0.2, 0) is 16.1 Å². The van der Waals surface area contributed by atoms with Crippen LogP contribution in [0.1, 0.15) is 35.8 Å². The van der Waals surface area contributed by atoms with Gasteiger partial charge >= 0.3 is 0 Å². The number of nitrogens with zero attached hydrogens (tertiary/aromatic N) is 2. The van der Waals surface area contributed by atoms with E-state index in [9.17, 15) is 9.59 Å². The lowest BCUT2D eigenvalue weighted by Crippen LogP contribution is -2.37. The number of carbonyl (C=O) groups excluding carboxylic acids is 2. The van der Waals surface area contributed by atoms with Crippen LogP contribution in [0.25, 0.3) is 0 Å². The highest BCUT2D eigenvalue weighted by atomic mass is 16.5. The van der Waals surface area contributed by atoms with Gasteiger partial charge in [-0.2, -0.15) is 0 Å². The number of anilines is 1. The van der Waals surface area contributed by atoms with Gasteiger partial charge in [0, 0.05) is 31.8 Å². The van der Waals surface area contributed by atoms with Crippen molar-refractivity contribution < 1.29 is 23.8 Å². The van der Waals surface area contributed by atoms with Crippen molar-refractivity contribution in [3.8, 4) is 11.5 Å². The molecule has 1 fully saturated rings. The van der Waals surface area contributed by atoms with Crippen molar-refractivity contribution in [3.63, 3.8) is 0 Å². The largest absolute Gasteiger partial charge is 0.493 e. The van der Waals surface area contributed by atoms with Gasteiger partial charge in [-0.3, -0.25) is 14.6 Å². The standard InChI is InChI=1S/C22H27N3O5/c1-15(26)24-19-11-16(12-20(28-2)21(19)29-3)22(27)25(14-18-8-6-10-30-18)13-17-7-4-5-9-23-17/h4-5,7,9,11-12,18H,6,8,10,13-14H2,1-3H3,(H,24,26). The van der Waals surface area contributed by atoms with Crippen molar-refractivity contribution in [2.24, 2.45) is 0 Å². The van der Waals surface area contributed by atoms with Gasteiger partial charge in [0.05, 0.1) is 38.2 Å². The number of hydrogen-bond acceptors (Lipinski definition) is 6. The Morgan fingerprint density at radius 1 is 1.27 bits per heavy atom. The number of pyridine rings is 1. The van der Waals surface area contributed by atoms with E-state index < -0.39 is 0 Å². The van der Waals surface area contributed by atoms with E-state index in [1.165, 1.54) is 21.1 Å². The van der Waals surface area contributed by atoms with Crippen molar-refractivity contribution in [2.75, 3.05) is 32.7 Å². The van der Waals surface area contributed by atoms with Crippen molar-refractivity contribution in [1.29, 1.82) is 0 Å². The molecule has 160 valence electrons. The lowest BCUT2D eigenvalue weighted by atomic mass is 10.1. The molecular weight excluding hydrogens is 386 g/mol. The molecule has 1 aliphatic heterocycles. The Balaban J connectivity index is 1.94. The summed E-state index contributed by atoms with van der Waals surface area (Å²) in [6.45, 7) is 2.91. The molecule has 8 heteroatoms. The zero-order chi connectivity index (χ0) is 21.5.